The SMILES string of the molecule is CC(C(=O)N1CCNC1=O)N(C)Cc1ccc(C(C)(C)C)cc1. The third kappa shape index (κ3) is 4.10. The number of benzene rings is 1. The number of carbonyl (C=O) groups excluding carboxylic acids is 2. The fourth-order valence-corrected chi connectivity index (χ4v) is 2.63. The van der Waals surface area contributed by atoms with Crippen LogP contribution in [0.2, 0.25) is 0 Å². The van der Waals surface area contributed by atoms with Crippen molar-refractivity contribution in [2.24, 2.45) is 0 Å². The van der Waals surface area contributed by atoms with Gasteiger partial charge in [0.05, 0.1) is 6.04 Å². The number of likely N-dealkylation sites (N-methyl/N-ethyl adjacent to an activating group) is 1. The predicted octanol–water partition coefficient (Wildman–Crippen LogP) is 2.36. The molecule has 2 rings (SSSR count). The molecule has 23 heavy (non-hydrogen) atoms. The summed E-state index contributed by atoms with van der Waals surface area (Å²) in [7, 11) is 1.91. The quantitative estimate of drug-likeness (QED) is 0.927. The first-order chi connectivity index (χ1) is 10.7. The Hall–Kier alpha value is -1.88. The molecule has 1 aromatic rings. The molecular weight excluding hydrogens is 290 g/mol. The summed E-state index contributed by atoms with van der Waals surface area (Å²) in [5.74, 6) is -0.145. The van der Waals surface area contributed by atoms with Gasteiger partial charge in [-0.15, -0.1) is 0 Å². The molecule has 0 aliphatic carbocycles. The van der Waals surface area contributed by atoms with Crippen LogP contribution in [0, 0.1) is 0 Å². The van der Waals surface area contributed by atoms with Crippen molar-refractivity contribution in [3.63, 3.8) is 0 Å². The number of hydrogen-bond donors (Lipinski definition) is 1. The first-order valence-corrected chi connectivity index (χ1v) is 8.09. The normalized spacial score (nSPS) is 16.6. The molecule has 1 N–H and O–H groups in total. The van der Waals surface area contributed by atoms with Crippen LogP contribution in [0.4, 0.5) is 4.79 Å². The summed E-state index contributed by atoms with van der Waals surface area (Å²) >= 11 is 0. The Balaban J connectivity index is 1.99. The van der Waals surface area contributed by atoms with Gasteiger partial charge in [-0.1, -0.05) is 45.0 Å². The summed E-state index contributed by atoms with van der Waals surface area (Å²) in [6.07, 6.45) is 0. The number of nitrogens with zero attached hydrogens (tertiary/aromatic N) is 2. The van der Waals surface area contributed by atoms with Crippen LogP contribution in [0.25, 0.3) is 0 Å². The lowest BCUT2D eigenvalue weighted by Crippen LogP contribution is -2.46. The molecule has 5 nitrogen and oxygen atoms in total. The second-order valence-electron chi connectivity index (χ2n) is 7.26. The van der Waals surface area contributed by atoms with E-state index in [4.69, 9.17) is 0 Å². The summed E-state index contributed by atoms with van der Waals surface area (Å²) in [5, 5.41) is 2.66. The summed E-state index contributed by atoms with van der Waals surface area (Å²) in [6.45, 7) is 10.1. The van der Waals surface area contributed by atoms with E-state index in [1.807, 2.05) is 18.9 Å². The van der Waals surface area contributed by atoms with Crippen molar-refractivity contribution < 1.29 is 9.59 Å². The van der Waals surface area contributed by atoms with Gasteiger partial charge in [-0.3, -0.25) is 14.6 Å². The van der Waals surface area contributed by atoms with Gasteiger partial charge in [0.15, 0.2) is 0 Å². The lowest BCUT2D eigenvalue weighted by atomic mass is 9.87. The van der Waals surface area contributed by atoms with Crippen LogP contribution in [-0.2, 0) is 16.8 Å². The van der Waals surface area contributed by atoms with Gasteiger partial charge in [0.25, 0.3) is 0 Å². The van der Waals surface area contributed by atoms with Crippen LogP contribution in [0.3, 0.4) is 0 Å². The molecule has 0 radical (unpaired) electrons. The second kappa shape index (κ2) is 6.71. The Morgan fingerprint density at radius 2 is 1.91 bits per heavy atom. The number of hydrogen-bond acceptors (Lipinski definition) is 3. The molecule has 1 aliphatic heterocycles. The highest BCUT2D eigenvalue weighted by atomic mass is 16.2. The molecule has 1 heterocycles. The number of rotatable bonds is 4. The first kappa shape index (κ1) is 17.5. The van der Waals surface area contributed by atoms with E-state index in [1.54, 1.807) is 0 Å². The highest BCUT2D eigenvalue weighted by molar-refractivity contribution is 5.98. The third-order valence-corrected chi connectivity index (χ3v) is 4.39. The molecule has 5 heteroatoms. The summed E-state index contributed by atoms with van der Waals surface area (Å²) in [4.78, 5) is 27.3. The Kier molecular flexibility index (Phi) is 5.09. The molecule has 1 saturated heterocycles. The number of nitrogens with one attached hydrogen (secondary N) is 1. The Morgan fingerprint density at radius 3 is 2.39 bits per heavy atom. The molecule has 3 amide bonds. The maximum atomic E-state index is 12.4. The largest absolute Gasteiger partial charge is 0.336 e. The lowest BCUT2D eigenvalue weighted by Gasteiger charge is -2.27. The minimum absolute atomic E-state index is 0.136. The van der Waals surface area contributed by atoms with Gasteiger partial charge in [-0.25, -0.2) is 4.79 Å². The fourth-order valence-electron chi connectivity index (χ4n) is 2.63. The van der Waals surface area contributed by atoms with Crippen molar-refractivity contribution >= 4 is 11.9 Å². The standard InChI is InChI=1S/C18H27N3O2/c1-13(16(22)21-11-10-19-17(21)23)20(5)12-14-6-8-15(9-7-14)18(2,3)4/h6-9,13H,10-12H2,1-5H3,(H,19,23). The maximum Gasteiger partial charge on any atom is 0.324 e. The van der Waals surface area contributed by atoms with Crippen molar-refractivity contribution in [2.75, 3.05) is 20.1 Å². The lowest BCUT2D eigenvalue weighted by molar-refractivity contribution is -0.132. The highest BCUT2D eigenvalue weighted by Gasteiger charge is 2.31. The molecule has 0 spiro atoms. The Morgan fingerprint density at radius 1 is 1.30 bits per heavy atom. The average Bonchev–Trinajstić information content (AvgIpc) is 2.91. The van der Waals surface area contributed by atoms with E-state index >= 15 is 0 Å². The summed E-state index contributed by atoms with van der Waals surface area (Å²) in [6, 6.07) is 7.88. The van der Waals surface area contributed by atoms with Gasteiger partial charge in [-0.05, 0) is 30.5 Å². The monoisotopic (exact) mass is 317 g/mol. The molecule has 1 fully saturated rings. The van der Waals surface area contributed by atoms with Crippen molar-refractivity contribution in [2.45, 2.75) is 45.7 Å². The smallest absolute Gasteiger partial charge is 0.324 e. The van der Waals surface area contributed by atoms with E-state index in [0.29, 0.717) is 19.6 Å². The minimum Gasteiger partial charge on any atom is -0.336 e. The van der Waals surface area contributed by atoms with Gasteiger partial charge >= 0.3 is 6.03 Å². The summed E-state index contributed by atoms with van der Waals surface area (Å²) in [5.41, 5.74) is 2.59. The predicted molar refractivity (Wildman–Crippen MR) is 91.2 cm³/mol. The second-order valence-corrected chi connectivity index (χ2v) is 7.26. The molecule has 1 unspecified atom stereocenters. The van der Waals surface area contributed by atoms with Gasteiger partial charge < -0.3 is 5.32 Å². The van der Waals surface area contributed by atoms with E-state index < -0.39 is 0 Å². The van der Waals surface area contributed by atoms with Gasteiger partial charge in [-0.2, -0.15) is 0 Å². The molecule has 1 aliphatic rings. The van der Waals surface area contributed by atoms with Crippen LogP contribution < -0.4 is 5.32 Å². The summed E-state index contributed by atoms with van der Waals surface area (Å²) < 4.78 is 0. The maximum absolute atomic E-state index is 12.4. The zero-order valence-electron chi connectivity index (χ0n) is 14.7. The number of carbonyl (C=O) groups is 2. The zero-order chi connectivity index (χ0) is 17.2. The van der Waals surface area contributed by atoms with Crippen LogP contribution in [0.1, 0.15) is 38.8 Å². The van der Waals surface area contributed by atoms with E-state index in [0.717, 1.165) is 5.56 Å². The zero-order valence-corrected chi connectivity index (χ0v) is 14.7. The van der Waals surface area contributed by atoms with E-state index in [-0.39, 0.29) is 23.4 Å². The van der Waals surface area contributed by atoms with Crippen molar-refractivity contribution in [3.05, 3.63) is 35.4 Å². The van der Waals surface area contributed by atoms with E-state index in [2.05, 4.69) is 50.4 Å². The molecule has 1 aromatic carbocycles. The topological polar surface area (TPSA) is 52.7 Å². The molecule has 0 saturated carbocycles. The molecule has 1 atom stereocenters. The minimum atomic E-state index is -0.332. The average molecular weight is 317 g/mol. The molecule has 0 aromatic heterocycles. The van der Waals surface area contributed by atoms with Crippen LogP contribution >= 0.6 is 0 Å². The fraction of sp³-hybridized carbons (Fsp3) is 0.556. The highest BCUT2D eigenvalue weighted by Crippen LogP contribution is 2.22. The van der Waals surface area contributed by atoms with Crippen molar-refractivity contribution in [1.29, 1.82) is 0 Å². The number of urea groups is 1. The number of amides is 3. The van der Waals surface area contributed by atoms with E-state index in [9.17, 15) is 9.59 Å². The molecular formula is C18H27N3O2. The first-order valence-electron chi connectivity index (χ1n) is 8.09. The van der Waals surface area contributed by atoms with Crippen LogP contribution in [-0.4, -0.2) is 47.9 Å². The molecule has 0 bridgehead atoms. The molecule has 126 valence electrons. The Labute approximate surface area is 138 Å². The van der Waals surface area contributed by atoms with Crippen LogP contribution in [0.15, 0.2) is 24.3 Å². The van der Waals surface area contributed by atoms with Crippen molar-refractivity contribution in [1.82, 2.24) is 15.1 Å². The third-order valence-electron chi connectivity index (χ3n) is 4.39. The number of imide groups is 1. The Bertz CT molecular complexity index is 575. The van der Waals surface area contributed by atoms with Crippen LogP contribution in [0.5, 0.6) is 0 Å². The van der Waals surface area contributed by atoms with Gasteiger partial charge in [0.1, 0.15) is 0 Å². The van der Waals surface area contributed by atoms with Gasteiger partial charge in [0, 0.05) is 19.6 Å². The van der Waals surface area contributed by atoms with Gasteiger partial charge in [0.2, 0.25) is 5.91 Å². The van der Waals surface area contributed by atoms with E-state index in [1.165, 1.54) is 10.5 Å². The van der Waals surface area contributed by atoms with Crippen molar-refractivity contribution in [3.8, 4) is 0 Å².